The molecular weight excluding hydrogens is 434 g/mol. The molecule has 1 aromatic carbocycles. The van der Waals surface area contributed by atoms with Crippen LogP contribution >= 0.6 is 0 Å². The molecule has 0 spiro atoms. The van der Waals surface area contributed by atoms with E-state index < -0.39 is 35.1 Å². The van der Waals surface area contributed by atoms with Crippen molar-refractivity contribution in [2.45, 2.75) is 56.7 Å². The number of nitrogens with two attached hydrogens (primary N) is 1. The van der Waals surface area contributed by atoms with E-state index in [0.717, 1.165) is 0 Å². The fourth-order valence-corrected chi connectivity index (χ4v) is 3.46. The van der Waals surface area contributed by atoms with E-state index in [0.29, 0.717) is 37.1 Å². The van der Waals surface area contributed by atoms with Crippen LogP contribution in [0.1, 0.15) is 49.5 Å². The van der Waals surface area contributed by atoms with E-state index in [2.05, 4.69) is 11.9 Å². The molecule has 32 heavy (non-hydrogen) atoms. The van der Waals surface area contributed by atoms with E-state index in [1.807, 2.05) is 19.1 Å². The maximum absolute atomic E-state index is 13.2. The maximum Gasteiger partial charge on any atom is 0.416 e. The van der Waals surface area contributed by atoms with Crippen molar-refractivity contribution in [1.29, 1.82) is 0 Å². The van der Waals surface area contributed by atoms with E-state index in [1.165, 1.54) is 6.92 Å². The Hall–Kier alpha value is -2.10. The standard InChI is InChI=1S/C23H28F6N2O/c1-4-5-6-7-15(2)21(9-8-20(30)13-31-21)14-32-16(3)17-10-18(22(24,25)26)12-19(11-17)23(27,28)29/h4-7,10-12,16,20,31H,2,8-9,13-14,30H2,1,3H3/b5-4-,7-6-/t16-,20?,21-/m1/s1. The number of rotatable bonds is 7. The van der Waals surface area contributed by atoms with Crippen LogP contribution in [-0.2, 0) is 17.1 Å². The van der Waals surface area contributed by atoms with Crippen LogP contribution in [0.25, 0.3) is 0 Å². The van der Waals surface area contributed by atoms with Gasteiger partial charge in [-0.15, -0.1) is 0 Å². The van der Waals surface area contributed by atoms with E-state index in [9.17, 15) is 26.3 Å². The molecule has 9 heteroatoms. The summed E-state index contributed by atoms with van der Waals surface area (Å²) < 4.78 is 84.9. The van der Waals surface area contributed by atoms with Crippen LogP contribution in [0.4, 0.5) is 26.3 Å². The maximum atomic E-state index is 13.2. The molecule has 0 radical (unpaired) electrons. The highest BCUT2D eigenvalue weighted by Gasteiger charge is 2.39. The van der Waals surface area contributed by atoms with Crippen molar-refractivity contribution in [2.24, 2.45) is 5.73 Å². The minimum atomic E-state index is -4.91. The van der Waals surface area contributed by atoms with Gasteiger partial charge in [-0.2, -0.15) is 26.3 Å². The third-order valence-electron chi connectivity index (χ3n) is 5.52. The molecular formula is C23H28F6N2O. The number of halogens is 6. The number of benzene rings is 1. The van der Waals surface area contributed by atoms with Crippen LogP contribution in [0.15, 0.2) is 54.7 Å². The molecule has 0 bridgehead atoms. The summed E-state index contributed by atoms with van der Waals surface area (Å²) in [6.07, 6.45) is -2.35. The fourth-order valence-electron chi connectivity index (χ4n) is 3.46. The Bertz CT molecular complexity index is 817. The molecule has 1 fully saturated rings. The number of alkyl halides is 6. The second kappa shape index (κ2) is 10.2. The van der Waals surface area contributed by atoms with Gasteiger partial charge in [0.25, 0.3) is 0 Å². The number of allylic oxidation sites excluding steroid dienone is 3. The van der Waals surface area contributed by atoms with Gasteiger partial charge in [0.15, 0.2) is 0 Å². The van der Waals surface area contributed by atoms with Gasteiger partial charge in [0, 0.05) is 12.6 Å². The lowest BCUT2D eigenvalue weighted by Gasteiger charge is -2.41. The minimum Gasteiger partial charge on any atom is -0.372 e. The first kappa shape index (κ1) is 26.2. The second-order valence-corrected chi connectivity index (χ2v) is 7.96. The molecule has 1 heterocycles. The second-order valence-electron chi connectivity index (χ2n) is 7.96. The first-order chi connectivity index (χ1) is 14.8. The van der Waals surface area contributed by atoms with Crippen molar-refractivity contribution in [2.75, 3.05) is 13.2 Å². The Morgan fingerprint density at radius 2 is 1.78 bits per heavy atom. The van der Waals surface area contributed by atoms with Crippen LogP contribution in [0.3, 0.4) is 0 Å². The summed E-state index contributed by atoms with van der Waals surface area (Å²) in [6, 6.07) is 1.43. The Morgan fingerprint density at radius 3 is 2.25 bits per heavy atom. The molecule has 0 aliphatic carbocycles. The fraction of sp³-hybridized carbons (Fsp3) is 0.478. The van der Waals surface area contributed by atoms with E-state index in [4.69, 9.17) is 10.5 Å². The van der Waals surface area contributed by atoms with Crippen LogP contribution in [0.5, 0.6) is 0 Å². The van der Waals surface area contributed by atoms with Crippen molar-refractivity contribution in [3.05, 3.63) is 71.3 Å². The number of nitrogens with one attached hydrogen (secondary N) is 1. The van der Waals surface area contributed by atoms with Crippen molar-refractivity contribution < 1.29 is 31.1 Å². The lowest BCUT2D eigenvalue weighted by molar-refractivity contribution is -0.143. The summed E-state index contributed by atoms with van der Waals surface area (Å²) in [4.78, 5) is 0. The van der Waals surface area contributed by atoms with Crippen molar-refractivity contribution in [1.82, 2.24) is 5.32 Å². The van der Waals surface area contributed by atoms with Gasteiger partial charge in [0.1, 0.15) is 0 Å². The lowest BCUT2D eigenvalue weighted by Crippen LogP contribution is -2.58. The summed E-state index contributed by atoms with van der Waals surface area (Å²) in [6.45, 7) is 7.87. The van der Waals surface area contributed by atoms with Gasteiger partial charge in [-0.1, -0.05) is 30.9 Å². The molecule has 0 saturated carbocycles. The zero-order valence-corrected chi connectivity index (χ0v) is 18.0. The Labute approximate surface area is 184 Å². The van der Waals surface area contributed by atoms with Crippen LogP contribution < -0.4 is 11.1 Å². The molecule has 1 saturated heterocycles. The highest BCUT2D eigenvalue weighted by atomic mass is 19.4. The summed E-state index contributed by atoms with van der Waals surface area (Å²) in [5.41, 5.74) is 2.99. The normalized spacial score (nSPS) is 23.7. The number of piperidine rings is 1. The Kier molecular flexibility index (Phi) is 8.36. The Morgan fingerprint density at radius 1 is 1.19 bits per heavy atom. The number of ether oxygens (including phenoxy) is 1. The van der Waals surface area contributed by atoms with Gasteiger partial charge in [0.2, 0.25) is 0 Å². The largest absolute Gasteiger partial charge is 0.416 e. The first-order valence-corrected chi connectivity index (χ1v) is 10.2. The molecule has 1 aromatic rings. The van der Waals surface area contributed by atoms with Gasteiger partial charge in [-0.05, 0) is 56.0 Å². The summed E-state index contributed by atoms with van der Waals surface area (Å²) >= 11 is 0. The van der Waals surface area contributed by atoms with Crippen molar-refractivity contribution in [3.8, 4) is 0 Å². The van der Waals surface area contributed by atoms with Gasteiger partial charge >= 0.3 is 12.4 Å². The summed E-state index contributed by atoms with van der Waals surface area (Å²) in [7, 11) is 0. The molecule has 3 N–H and O–H groups in total. The predicted octanol–water partition coefficient (Wildman–Crippen LogP) is 5.94. The van der Waals surface area contributed by atoms with Crippen molar-refractivity contribution >= 4 is 0 Å². The summed E-state index contributed by atoms with van der Waals surface area (Å²) in [5.74, 6) is 0. The van der Waals surface area contributed by atoms with E-state index in [-0.39, 0.29) is 24.3 Å². The molecule has 0 aromatic heterocycles. The average Bonchev–Trinajstić information content (AvgIpc) is 2.72. The SMILES string of the molecule is C=C(/C=C\C=C/C)[C@]1(CO[C@H](C)c2cc(C(F)(F)F)cc(C(F)(F)F)c2)CCC(N)CN1. The highest BCUT2D eigenvalue weighted by molar-refractivity contribution is 5.35. The topological polar surface area (TPSA) is 47.3 Å². The minimum absolute atomic E-state index is 0.0114. The summed E-state index contributed by atoms with van der Waals surface area (Å²) in [5, 5.41) is 3.30. The van der Waals surface area contributed by atoms with Crippen LogP contribution in [-0.4, -0.2) is 24.7 Å². The van der Waals surface area contributed by atoms with E-state index >= 15 is 0 Å². The third-order valence-corrected chi connectivity index (χ3v) is 5.52. The molecule has 178 valence electrons. The highest BCUT2D eigenvalue weighted by Crippen LogP contribution is 2.38. The Balaban J connectivity index is 2.29. The van der Waals surface area contributed by atoms with Crippen molar-refractivity contribution in [3.63, 3.8) is 0 Å². The van der Waals surface area contributed by atoms with Crippen LogP contribution in [0.2, 0.25) is 0 Å². The molecule has 2 rings (SSSR count). The third kappa shape index (κ3) is 6.70. The van der Waals surface area contributed by atoms with Gasteiger partial charge in [-0.3, -0.25) is 0 Å². The zero-order chi connectivity index (χ0) is 24.2. The van der Waals surface area contributed by atoms with Crippen LogP contribution in [0, 0.1) is 0 Å². The quantitative estimate of drug-likeness (QED) is 0.390. The zero-order valence-electron chi connectivity index (χ0n) is 18.0. The number of hydrogen-bond donors (Lipinski definition) is 2. The molecule has 3 nitrogen and oxygen atoms in total. The van der Waals surface area contributed by atoms with Gasteiger partial charge in [-0.25, -0.2) is 0 Å². The van der Waals surface area contributed by atoms with Gasteiger partial charge < -0.3 is 15.8 Å². The molecule has 0 amide bonds. The number of hydrogen-bond acceptors (Lipinski definition) is 3. The van der Waals surface area contributed by atoms with E-state index in [1.54, 1.807) is 12.2 Å². The molecule has 1 aliphatic rings. The molecule has 3 atom stereocenters. The van der Waals surface area contributed by atoms with Gasteiger partial charge in [0.05, 0.1) is 29.4 Å². The monoisotopic (exact) mass is 462 g/mol. The predicted molar refractivity (Wildman–Crippen MR) is 112 cm³/mol. The first-order valence-electron chi connectivity index (χ1n) is 10.2. The molecule has 1 aliphatic heterocycles. The lowest BCUT2D eigenvalue weighted by atomic mass is 9.81. The smallest absolute Gasteiger partial charge is 0.372 e. The molecule has 1 unspecified atom stereocenters. The average molecular weight is 462 g/mol.